The highest BCUT2D eigenvalue weighted by molar-refractivity contribution is 5.90. The maximum absolute atomic E-state index is 11.9. The minimum absolute atomic E-state index is 0.479. The maximum atomic E-state index is 11.9. The zero-order chi connectivity index (χ0) is 17.1. The summed E-state index contributed by atoms with van der Waals surface area (Å²) in [4.78, 5) is 11.9. The molecule has 0 bridgehead atoms. The third-order valence-electron chi connectivity index (χ3n) is 4.58. The number of aliphatic carboxylic acids is 1. The summed E-state index contributed by atoms with van der Waals surface area (Å²) in [5.41, 5.74) is 3.21. The van der Waals surface area contributed by atoms with Gasteiger partial charge in [-0.05, 0) is 39.8 Å². The summed E-state index contributed by atoms with van der Waals surface area (Å²) >= 11 is 0. The molecule has 24 heavy (non-hydrogen) atoms. The molecule has 0 aromatic heterocycles. The Morgan fingerprint density at radius 1 is 0.917 bits per heavy atom. The van der Waals surface area contributed by atoms with Crippen LogP contribution in [-0.4, -0.2) is 11.1 Å². The number of carboxylic acids is 1. The molecule has 1 unspecified atom stereocenters. The van der Waals surface area contributed by atoms with Crippen LogP contribution in [0.15, 0.2) is 66.7 Å². The normalized spacial score (nSPS) is 12.5. The van der Waals surface area contributed by atoms with E-state index in [-0.39, 0.29) is 0 Å². The highest BCUT2D eigenvalue weighted by Crippen LogP contribution is 2.29. The summed E-state index contributed by atoms with van der Waals surface area (Å²) in [6.07, 6.45) is 0.502. The van der Waals surface area contributed by atoms with Gasteiger partial charge in [-0.3, -0.25) is 4.79 Å². The first-order chi connectivity index (χ1) is 11.6. The van der Waals surface area contributed by atoms with Gasteiger partial charge in [0.25, 0.3) is 0 Å². The second-order valence-corrected chi connectivity index (χ2v) is 6.56. The Bertz CT molecular complexity index is 842. The van der Waals surface area contributed by atoms with Crippen molar-refractivity contribution in [1.82, 2.24) is 0 Å². The fraction of sp³-hybridized carbons (Fsp3) is 0.227. The number of hydrogen-bond donors (Lipinski definition) is 1. The van der Waals surface area contributed by atoms with Crippen molar-refractivity contribution in [2.24, 2.45) is 0 Å². The molecule has 122 valence electrons. The first-order valence-corrected chi connectivity index (χ1v) is 8.35. The molecule has 0 fully saturated rings. The molecule has 3 aromatic rings. The Hall–Kier alpha value is -2.61. The molecule has 3 rings (SSSR count). The summed E-state index contributed by atoms with van der Waals surface area (Å²) < 4.78 is 0. The molecule has 2 nitrogen and oxygen atoms in total. The van der Waals surface area contributed by atoms with E-state index in [0.717, 1.165) is 21.9 Å². The van der Waals surface area contributed by atoms with E-state index in [1.165, 1.54) is 5.56 Å². The van der Waals surface area contributed by atoms with Gasteiger partial charge in [0.15, 0.2) is 0 Å². The van der Waals surface area contributed by atoms with Crippen LogP contribution in [0.25, 0.3) is 10.8 Å². The van der Waals surface area contributed by atoms with Crippen LogP contribution in [0.1, 0.15) is 42.4 Å². The van der Waals surface area contributed by atoms with Gasteiger partial charge >= 0.3 is 5.97 Å². The van der Waals surface area contributed by atoms with Gasteiger partial charge < -0.3 is 5.11 Å². The van der Waals surface area contributed by atoms with E-state index in [4.69, 9.17) is 0 Å². The van der Waals surface area contributed by atoms with E-state index >= 15 is 0 Å². The van der Waals surface area contributed by atoms with Gasteiger partial charge in [-0.15, -0.1) is 0 Å². The lowest BCUT2D eigenvalue weighted by atomic mass is 9.88. The summed E-state index contributed by atoms with van der Waals surface area (Å²) in [5.74, 6) is -0.840. The van der Waals surface area contributed by atoms with Crippen molar-refractivity contribution in [3.05, 3.63) is 83.4 Å². The lowest BCUT2D eigenvalue weighted by Gasteiger charge is -2.16. The lowest BCUT2D eigenvalue weighted by Crippen LogP contribution is -2.15. The third-order valence-corrected chi connectivity index (χ3v) is 4.58. The molecular weight excluding hydrogens is 296 g/mol. The molecule has 0 aliphatic heterocycles. The average molecular weight is 318 g/mol. The van der Waals surface area contributed by atoms with Crippen LogP contribution in [0.4, 0.5) is 0 Å². The van der Waals surface area contributed by atoms with Gasteiger partial charge in [0.2, 0.25) is 0 Å². The predicted molar refractivity (Wildman–Crippen MR) is 98.6 cm³/mol. The molecule has 0 saturated heterocycles. The van der Waals surface area contributed by atoms with Crippen LogP contribution in [0.2, 0.25) is 0 Å². The molecule has 0 saturated carbocycles. The van der Waals surface area contributed by atoms with Gasteiger partial charge in [-0.1, -0.05) is 80.6 Å². The number of hydrogen-bond acceptors (Lipinski definition) is 1. The SMILES string of the molecule is CC(C)c1ccc(CC(C(=O)O)c2cccc3ccccc23)cc1. The van der Waals surface area contributed by atoms with Crippen LogP contribution in [0, 0.1) is 0 Å². The van der Waals surface area contributed by atoms with Crippen LogP contribution in [0.3, 0.4) is 0 Å². The van der Waals surface area contributed by atoms with Gasteiger partial charge in [0.05, 0.1) is 5.92 Å². The van der Waals surface area contributed by atoms with Gasteiger partial charge in [0, 0.05) is 0 Å². The number of rotatable bonds is 5. The van der Waals surface area contributed by atoms with Crippen LogP contribution < -0.4 is 0 Å². The Kier molecular flexibility index (Phi) is 4.66. The van der Waals surface area contributed by atoms with E-state index in [2.05, 4.69) is 38.1 Å². The van der Waals surface area contributed by atoms with E-state index in [9.17, 15) is 9.90 Å². The van der Waals surface area contributed by atoms with Crippen molar-refractivity contribution in [2.45, 2.75) is 32.1 Å². The molecule has 0 radical (unpaired) electrons. The van der Waals surface area contributed by atoms with Crippen LogP contribution in [-0.2, 0) is 11.2 Å². The number of fused-ring (bicyclic) bond motifs is 1. The molecule has 0 heterocycles. The summed E-state index contributed by atoms with van der Waals surface area (Å²) in [6, 6.07) is 22.2. The minimum Gasteiger partial charge on any atom is -0.481 e. The molecule has 1 N–H and O–H groups in total. The second-order valence-electron chi connectivity index (χ2n) is 6.56. The minimum atomic E-state index is -0.778. The van der Waals surface area contributed by atoms with Crippen molar-refractivity contribution in [1.29, 1.82) is 0 Å². The van der Waals surface area contributed by atoms with E-state index in [1.807, 2.05) is 42.5 Å². The molecular formula is C22H22O2. The summed E-state index contributed by atoms with van der Waals surface area (Å²) in [6.45, 7) is 4.32. The lowest BCUT2D eigenvalue weighted by molar-refractivity contribution is -0.138. The Labute approximate surface area is 142 Å². The smallest absolute Gasteiger partial charge is 0.311 e. The Morgan fingerprint density at radius 2 is 1.58 bits per heavy atom. The molecule has 0 spiro atoms. The van der Waals surface area contributed by atoms with E-state index in [1.54, 1.807) is 0 Å². The zero-order valence-corrected chi connectivity index (χ0v) is 14.1. The largest absolute Gasteiger partial charge is 0.481 e. The third kappa shape index (κ3) is 3.33. The van der Waals surface area contributed by atoms with Gasteiger partial charge in [-0.25, -0.2) is 0 Å². The van der Waals surface area contributed by atoms with Crippen molar-refractivity contribution in [3.8, 4) is 0 Å². The fourth-order valence-corrected chi connectivity index (χ4v) is 3.16. The predicted octanol–water partition coefficient (Wildman–Crippen LogP) is 5.37. The Balaban J connectivity index is 1.96. The van der Waals surface area contributed by atoms with Crippen molar-refractivity contribution < 1.29 is 9.90 Å². The zero-order valence-electron chi connectivity index (χ0n) is 14.1. The first-order valence-electron chi connectivity index (χ1n) is 8.35. The van der Waals surface area contributed by atoms with Crippen LogP contribution in [0.5, 0.6) is 0 Å². The van der Waals surface area contributed by atoms with Crippen molar-refractivity contribution in [2.75, 3.05) is 0 Å². The highest BCUT2D eigenvalue weighted by atomic mass is 16.4. The number of benzene rings is 3. The number of carboxylic acid groups (broad SMARTS) is 1. The molecule has 0 aliphatic rings. The molecule has 0 aliphatic carbocycles. The van der Waals surface area contributed by atoms with Crippen molar-refractivity contribution in [3.63, 3.8) is 0 Å². The highest BCUT2D eigenvalue weighted by Gasteiger charge is 2.22. The van der Waals surface area contributed by atoms with Crippen molar-refractivity contribution >= 4 is 16.7 Å². The van der Waals surface area contributed by atoms with Crippen LogP contribution >= 0.6 is 0 Å². The van der Waals surface area contributed by atoms with E-state index < -0.39 is 11.9 Å². The van der Waals surface area contributed by atoms with Gasteiger partial charge in [-0.2, -0.15) is 0 Å². The molecule has 2 heteroatoms. The topological polar surface area (TPSA) is 37.3 Å². The molecule has 1 atom stereocenters. The second kappa shape index (κ2) is 6.88. The quantitative estimate of drug-likeness (QED) is 0.686. The average Bonchev–Trinajstić information content (AvgIpc) is 2.59. The summed E-state index contributed by atoms with van der Waals surface area (Å²) in [5, 5.41) is 11.9. The van der Waals surface area contributed by atoms with Gasteiger partial charge in [0.1, 0.15) is 0 Å². The van der Waals surface area contributed by atoms with E-state index in [0.29, 0.717) is 12.3 Å². The fourth-order valence-electron chi connectivity index (χ4n) is 3.16. The number of carbonyl (C=O) groups is 1. The first kappa shape index (κ1) is 16.3. The standard InChI is InChI=1S/C22H22O2/c1-15(2)17-12-10-16(11-13-17)14-21(22(23)24)20-9-5-7-18-6-3-4-8-19(18)20/h3-13,15,21H,14H2,1-2H3,(H,23,24). The Morgan fingerprint density at radius 3 is 2.25 bits per heavy atom. The summed E-state index contributed by atoms with van der Waals surface area (Å²) in [7, 11) is 0. The molecule has 0 amide bonds. The maximum Gasteiger partial charge on any atom is 0.311 e. The monoisotopic (exact) mass is 318 g/mol. The molecule has 3 aromatic carbocycles.